The molecule has 144 valence electrons. The fourth-order valence-corrected chi connectivity index (χ4v) is 2.55. The summed E-state index contributed by atoms with van der Waals surface area (Å²) in [7, 11) is 4.57. The number of nitrogens with two attached hydrogens (primary N) is 1. The van der Waals surface area contributed by atoms with Gasteiger partial charge in [-0.1, -0.05) is 29.8 Å². The van der Waals surface area contributed by atoms with Crippen LogP contribution >= 0.6 is 11.6 Å². The number of hydrogen-bond acceptors (Lipinski definition) is 6. The Morgan fingerprint density at radius 1 is 1.11 bits per heavy atom. The number of ether oxygens (including phenoxy) is 3. The molecular formula is C19H21ClN2O5. The molecule has 27 heavy (non-hydrogen) atoms. The molecule has 0 saturated carbocycles. The fourth-order valence-electron chi connectivity index (χ4n) is 2.39. The van der Waals surface area contributed by atoms with Crippen LogP contribution in [0.25, 0.3) is 0 Å². The summed E-state index contributed by atoms with van der Waals surface area (Å²) in [6.45, 7) is -0.104. The molecule has 2 aromatic carbocycles. The highest BCUT2D eigenvalue weighted by Gasteiger charge is 2.19. The second-order valence-electron chi connectivity index (χ2n) is 5.71. The normalized spacial score (nSPS) is 10.2. The lowest BCUT2D eigenvalue weighted by Gasteiger charge is -2.19. The second-order valence-corrected chi connectivity index (χ2v) is 6.12. The number of halogens is 1. The third-order valence-electron chi connectivity index (χ3n) is 3.89. The summed E-state index contributed by atoms with van der Waals surface area (Å²) in [6, 6.07) is 10.1. The first-order valence-corrected chi connectivity index (χ1v) is 8.41. The number of methoxy groups -OCH3 is 2. The van der Waals surface area contributed by atoms with E-state index in [2.05, 4.69) is 0 Å². The van der Waals surface area contributed by atoms with Crippen LogP contribution in [-0.4, -0.2) is 44.7 Å². The molecule has 0 aliphatic rings. The maximum absolute atomic E-state index is 12.3. The van der Waals surface area contributed by atoms with Gasteiger partial charge in [-0.2, -0.15) is 0 Å². The number of likely N-dealkylation sites (N-methyl/N-ethyl adjacent to an activating group) is 1. The summed E-state index contributed by atoms with van der Waals surface area (Å²) in [5.41, 5.74) is 6.90. The average molecular weight is 393 g/mol. The Bertz CT molecular complexity index is 841. The molecule has 0 aliphatic carbocycles. The quantitative estimate of drug-likeness (QED) is 0.575. The van der Waals surface area contributed by atoms with Crippen molar-refractivity contribution < 1.29 is 23.8 Å². The van der Waals surface area contributed by atoms with Gasteiger partial charge in [0.2, 0.25) is 0 Å². The molecule has 7 nitrogen and oxygen atoms in total. The number of amides is 1. The summed E-state index contributed by atoms with van der Waals surface area (Å²) in [5.74, 6) is -0.199. The van der Waals surface area contributed by atoms with Crippen LogP contribution in [0.3, 0.4) is 0 Å². The molecule has 1 amide bonds. The highest BCUT2D eigenvalue weighted by Crippen LogP contribution is 2.29. The maximum Gasteiger partial charge on any atom is 0.342 e. The molecule has 0 spiro atoms. The van der Waals surface area contributed by atoms with Gasteiger partial charge in [-0.3, -0.25) is 4.79 Å². The predicted molar refractivity (Wildman–Crippen MR) is 102 cm³/mol. The molecule has 0 bridgehead atoms. The lowest BCUT2D eigenvalue weighted by atomic mass is 10.2. The number of carbonyl (C=O) groups is 2. The third kappa shape index (κ3) is 5.04. The first-order valence-electron chi connectivity index (χ1n) is 8.03. The Balaban J connectivity index is 2.00. The van der Waals surface area contributed by atoms with Gasteiger partial charge in [0.1, 0.15) is 17.1 Å². The number of carbonyl (C=O) groups excluding carboxylic acids is 2. The SMILES string of the molecule is COc1ccccc1CN(C)C(=O)COC(=O)c1cc(Cl)c(N)cc1OC. The fraction of sp³-hybridized carbons (Fsp3) is 0.263. The molecule has 0 saturated heterocycles. The van der Waals surface area contributed by atoms with E-state index in [1.807, 2.05) is 24.3 Å². The minimum Gasteiger partial charge on any atom is -0.496 e. The van der Waals surface area contributed by atoms with Crippen molar-refractivity contribution in [1.82, 2.24) is 4.90 Å². The van der Waals surface area contributed by atoms with Gasteiger partial charge in [-0.25, -0.2) is 4.79 Å². The van der Waals surface area contributed by atoms with E-state index in [4.69, 9.17) is 31.5 Å². The molecule has 2 rings (SSSR count). The molecule has 0 heterocycles. The zero-order chi connectivity index (χ0) is 20.0. The van der Waals surface area contributed by atoms with Crippen molar-refractivity contribution in [3.63, 3.8) is 0 Å². The van der Waals surface area contributed by atoms with Crippen LogP contribution in [0.2, 0.25) is 5.02 Å². The lowest BCUT2D eigenvalue weighted by Crippen LogP contribution is -2.31. The monoisotopic (exact) mass is 392 g/mol. The van der Waals surface area contributed by atoms with Gasteiger partial charge in [0, 0.05) is 25.2 Å². The van der Waals surface area contributed by atoms with E-state index in [0.29, 0.717) is 12.3 Å². The number of nitrogens with zero attached hydrogens (tertiary/aromatic N) is 1. The van der Waals surface area contributed by atoms with Crippen molar-refractivity contribution >= 4 is 29.2 Å². The number of nitrogen functional groups attached to an aromatic ring is 1. The summed E-state index contributed by atoms with van der Waals surface area (Å²) < 4.78 is 15.5. The van der Waals surface area contributed by atoms with E-state index in [-0.39, 0.29) is 27.9 Å². The van der Waals surface area contributed by atoms with E-state index >= 15 is 0 Å². The highest BCUT2D eigenvalue weighted by molar-refractivity contribution is 6.33. The summed E-state index contributed by atoms with van der Waals surface area (Å²) in [6.07, 6.45) is 0. The number of para-hydroxylation sites is 1. The van der Waals surface area contributed by atoms with Gasteiger partial charge in [-0.15, -0.1) is 0 Å². The van der Waals surface area contributed by atoms with E-state index in [1.165, 1.54) is 24.1 Å². The predicted octanol–water partition coefficient (Wildman–Crippen LogP) is 2.75. The lowest BCUT2D eigenvalue weighted by molar-refractivity contribution is -0.133. The third-order valence-corrected chi connectivity index (χ3v) is 4.22. The number of esters is 1. The van der Waals surface area contributed by atoms with Crippen LogP contribution in [0.15, 0.2) is 36.4 Å². The molecule has 2 N–H and O–H groups in total. The Kier molecular flexibility index (Phi) is 6.90. The van der Waals surface area contributed by atoms with Gasteiger partial charge in [-0.05, 0) is 12.1 Å². The first-order chi connectivity index (χ1) is 12.9. The molecular weight excluding hydrogens is 372 g/mol. The Labute approximate surface area is 162 Å². The van der Waals surface area contributed by atoms with Crippen molar-refractivity contribution in [1.29, 1.82) is 0 Å². The summed E-state index contributed by atoms with van der Waals surface area (Å²) >= 11 is 5.94. The minimum atomic E-state index is -0.729. The van der Waals surface area contributed by atoms with Crippen molar-refractivity contribution in [2.24, 2.45) is 0 Å². The highest BCUT2D eigenvalue weighted by atomic mass is 35.5. The van der Waals surface area contributed by atoms with Crippen molar-refractivity contribution in [3.8, 4) is 11.5 Å². The molecule has 0 radical (unpaired) electrons. The minimum absolute atomic E-state index is 0.0943. The van der Waals surface area contributed by atoms with E-state index in [1.54, 1.807) is 14.2 Å². The van der Waals surface area contributed by atoms with Crippen LogP contribution in [0.5, 0.6) is 11.5 Å². The largest absolute Gasteiger partial charge is 0.496 e. The topological polar surface area (TPSA) is 91.1 Å². The molecule has 0 aromatic heterocycles. The Morgan fingerprint density at radius 3 is 2.44 bits per heavy atom. The second kappa shape index (κ2) is 9.14. The molecule has 8 heteroatoms. The van der Waals surface area contributed by atoms with E-state index in [0.717, 1.165) is 5.56 Å². The summed E-state index contributed by atoms with van der Waals surface area (Å²) in [5, 5.41) is 0.197. The first kappa shape index (κ1) is 20.4. The van der Waals surface area contributed by atoms with Gasteiger partial charge < -0.3 is 24.8 Å². The summed E-state index contributed by atoms with van der Waals surface area (Å²) in [4.78, 5) is 26.0. The average Bonchev–Trinajstić information content (AvgIpc) is 2.67. The Morgan fingerprint density at radius 2 is 1.78 bits per heavy atom. The number of anilines is 1. The zero-order valence-electron chi connectivity index (χ0n) is 15.3. The Hall–Kier alpha value is -2.93. The van der Waals surface area contributed by atoms with Crippen LogP contribution in [0, 0.1) is 0 Å². The molecule has 2 aromatic rings. The molecule has 0 unspecified atom stereocenters. The van der Waals surface area contributed by atoms with Crippen LogP contribution in [0.1, 0.15) is 15.9 Å². The van der Waals surface area contributed by atoms with Crippen LogP contribution in [-0.2, 0) is 16.1 Å². The number of rotatable bonds is 7. The number of benzene rings is 2. The van der Waals surface area contributed by atoms with Gasteiger partial charge >= 0.3 is 5.97 Å². The van der Waals surface area contributed by atoms with E-state index < -0.39 is 12.6 Å². The van der Waals surface area contributed by atoms with Crippen molar-refractivity contribution in [2.75, 3.05) is 33.6 Å². The molecule has 0 aliphatic heterocycles. The smallest absolute Gasteiger partial charge is 0.342 e. The van der Waals surface area contributed by atoms with Crippen molar-refractivity contribution in [2.45, 2.75) is 6.54 Å². The molecule has 0 fully saturated rings. The number of hydrogen-bond donors (Lipinski definition) is 1. The van der Waals surface area contributed by atoms with Crippen molar-refractivity contribution in [3.05, 3.63) is 52.5 Å². The van der Waals surface area contributed by atoms with Crippen LogP contribution in [0.4, 0.5) is 5.69 Å². The maximum atomic E-state index is 12.3. The van der Waals surface area contributed by atoms with Gasteiger partial charge in [0.25, 0.3) is 5.91 Å². The van der Waals surface area contributed by atoms with Gasteiger partial charge in [0.15, 0.2) is 6.61 Å². The van der Waals surface area contributed by atoms with E-state index in [9.17, 15) is 9.59 Å². The standard InChI is InChI=1S/C19H21ClN2O5/c1-22(10-12-6-4-5-7-16(12)25-2)18(23)11-27-19(24)13-8-14(20)15(21)9-17(13)26-3/h4-9H,10-11,21H2,1-3H3. The van der Waals surface area contributed by atoms with Gasteiger partial charge in [0.05, 0.1) is 24.9 Å². The molecule has 0 atom stereocenters. The van der Waals surface area contributed by atoms with Crippen LogP contribution < -0.4 is 15.2 Å². The zero-order valence-corrected chi connectivity index (χ0v) is 16.1.